The average Bonchev–Trinajstić information content (AvgIpc) is 3.00. The smallest absolute Gasteiger partial charge is 0.406 e. The maximum absolute atomic E-state index is 12.8. The summed E-state index contributed by atoms with van der Waals surface area (Å²) in [6.45, 7) is -0.780. The molecule has 0 saturated heterocycles. The van der Waals surface area contributed by atoms with Crippen molar-refractivity contribution in [1.29, 1.82) is 0 Å². The van der Waals surface area contributed by atoms with Crippen molar-refractivity contribution in [3.63, 3.8) is 0 Å². The highest BCUT2D eigenvalue weighted by molar-refractivity contribution is 5.94. The first-order valence-corrected chi connectivity index (χ1v) is 7.45. The number of rotatable bonds is 4. The summed E-state index contributed by atoms with van der Waals surface area (Å²) in [5, 5.41) is 0. The molecule has 1 aliphatic heterocycles. The van der Waals surface area contributed by atoms with Crippen molar-refractivity contribution in [2.24, 2.45) is 0 Å². The molecular formula is C17H15F3N2O2. The third-order valence-electron chi connectivity index (χ3n) is 3.67. The highest BCUT2D eigenvalue weighted by atomic mass is 19.4. The molecule has 0 unspecified atom stereocenters. The van der Waals surface area contributed by atoms with Gasteiger partial charge in [0.2, 0.25) is 5.91 Å². The minimum absolute atomic E-state index is 0.00989. The first kappa shape index (κ1) is 16.3. The quantitative estimate of drug-likeness (QED) is 0.861. The van der Waals surface area contributed by atoms with E-state index < -0.39 is 18.6 Å². The Balaban J connectivity index is 1.81. The summed E-state index contributed by atoms with van der Waals surface area (Å²) in [4.78, 5) is 17.0. The van der Waals surface area contributed by atoms with E-state index in [9.17, 15) is 18.0 Å². The molecule has 1 amide bonds. The number of carbonyl (C=O) groups is 1. The number of nitrogens with zero attached hydrogens (tertiary/aromatic N) is 2. The van der Waals surface area contributed by atoms with Crippen LogP contribution in [-0.4, -0.2) is 30.2 Å². The van der Waals surface area contributed by atoms with E-state index in [2.05, 4.69) is 4.98 Å². The number of anilines is 1. The summed E-state index contributed by atoms with van der Waals surface area (Å²) in [5.74, 6) is 0.109. The first-order valence-electron chi connectivity index (χ1n) is 7.45. The molecule has 0 atom stereocenters. The van der Waals surface area contributed by atoms with Gasteiger partial charge in [0.25, 0.3) is 0 Å². The van der Waals surface area contributed by atoms with Crippen molar-refractivity contribution in [3.05, 3.63) is 53.7 Å². The van der Waals surface area contributed by atoms with E-state index in [4.69, 9.17) is 4.74 Å². The van der Waals surface area contributed by atoms with Crippen LogP contribution in [-0.2, 0) is 17.6 Å². The van der Waals surface area contributed by atoms with Crippen molar-refractivity contribution in [2.45, 2.75) is 19.0 Å². The van der Waals surface area contributed by atoms with Gasteiger partial charge in [-0.15, -0.1) is 0 Å². The number of fused-ring (bicyclic) bond motifs is 1. The Labute approximate surface area is 136 Å². The lowest BCUT2D eigenvalue weighted by atomic mass is 10.1. The molecule has 0 spiro atoms. The number of pyridine rings is 1. The van der Waals surface area contributed by atoms with Crippen LogP contribution in [0.2, 0.25) is 0 Å². The summed E-state index contributed by atoms with van der Waals surface area (Å²) in [6, 6.07) is 9.78. The summed E-state index contributed by atoms with van der Waals surface area (Å²) in [5.41, 5.74) is 1.63. The van der Waals surface area contributed by atoms with Gasteiger partial charge in [0.15, 0.2) is 0 Å². The van der Waals surface area contributed by atoms with Gasteiger partial charge in [0.05, 0.1) is 13.0 Å². The molecular weight excluding hydrogens is 321 g/mol. The minimum Gasteiger partial charge on any atom is -0.493 e. The Kier molecular flexibility index (Phi) is 4.42. The fraction of sp³-hybridized carbons (Fsp3) is 0.294. The molecule has 0 aliphatic carbocycles. The van der Waals surface area contributed by atoms with Gasteiger partial charge in [-0.1, -0.05) is 18.2 Å². The minimum atomic E-state index is -4.50. The van der Waals surface area contributed by atoms with E-state index in [1.165, 1.54) is 12.3 Å². The molecule has 4 nitrogen and oxygen atoms in total. The molecule has 0 fully saturated rings. The number of benzene rings is 1. The number of halogens is 3. The molecule has 3 rings (SSSR count). The lowest BCUT2D eigenvalue weighted by Gasteiger charge is -2.23. The topological polar surface area (TPSA) is 42.4 Å². The molecule has 0 N–H and O–H groups in total. The third-order valence-corrected chi connectivity index (χ3v) is 3.67. The Morgan fingerprint density at radius 3 is 2.79 bits per heavy atom. The fourth-order valence-corrected chi connectivity index (χ4v) is 2.61. The molecule has 2 heterocycles. The number of alkyl halides is 3. The second-order valence-corrected chi connectivity index (χ2v) is 5.50. The number of amides is 1. The lowest BCUT2D eigenvalue weighted by molar-refractivity contribution is -0.132. The normalized spacial score (nSPS) is 13.3. The van der Waals surface area contributed by atoms with Crippen molar-refractivity contribution in [2.75, 3.05) is 18.1 Å². The van der Waals surface area contributed by atoms with Crippen molar-refractivity contribution < 1.29 is 22.7 Å². The van der Waals surface area contributed by atoms with Crippen LogP contribution in [0.25, 0.3) is 0 Å². The van der Waals surface area contributed by atoms with E-state index in [0.29, 0.717) is 17.1 Å². The second-order valence-electron chi connectivity index (χ2n) is 5.50. The molecule has 0 saturated carbocycles. The van der Waals surface area contributed by atoms with Crippen LogP contribution in [0, 0.1) is 0 Å². The van der Waals surface area contributed by atoms with Crippen LogP contribution < -0.4 is 9.64 Å². The predicted octanol–water partition coefficient (Wildman–Crippen LogP) is 3.15. The van der Waals surface area contributed by atoms with Crippen molar-refractivity contribution in [1.82, 2.24) is 4.98 Å². The number of aromatic nitrogens is 1. The van der Waals surface area contributed by atoms with Gasteiger partial charge in [0.1, 0.15) is 18.1 Å². The molecule has 0 radical (unpaired) electrons. The van der Waals surface area contributed by atoms with Crippen molar-refractivity contribution >= 4 is 11.7 Å². The summed E-state index contributed by atoms with van der Waals surface area (Å²) < 4.78 is 43.9. The van der Waals surface area contributed by atoms with Gasteiger partial charge >= 0.3 is 6.18 Å². The standard InChI is InChI=1S/C17H15F3N2O2/c18-17(19,20)11-22(15-3-1-2-7-21-15)16(23)10-12-4-5-14-13(9-12)6-8-24-14/h1-5,7,9H,6,8,10-11H2. The Morgan fingerprint density at radius 1 is 1.25 bits per heavy atom. The molecule has 7 heteroatoms. The van der Waals surface area contributed by atoms with Crippen LogP contribution in [0.5, 0.6) is 5.75 Å². The second kappa shape index (κ2) is 6.51. The average molecular weight is 336 g/mol. The molecule has 1 aliphatic rings. The lowest BCUT2D eigenvalue weighted by Crippen LogP contribution is -2.40. The Bertz CT molecular complexity index is 732. The number of ether oxygens (including phenoxy) is 1. The summed E-state index contributed by atoms with van der Waals surface area (Å²) in [7, 11) is 0. The molecule has 2 aromatic rings. The van der Waals surface area contributed by atoms with E-state index in [0.717, 1.165) is 17.7 Å². The van der Waals surface area contributed by atoms with Gasteiger partial charge in [-0.2, -0.15) is 13.2 Å². The van der Waals surface area contributed by atoms with Gasteiger partial charge < -0.3 is 4.74 Å². The summed E-state index contributed by atoms with van der Waals surface area (Å²) >= 11 is 0. The van der Waals surface area contributed by atoms with Gasteiger partial charge in [-0.05, 0) is 29.3 Å². The van der Waals surface area contributed by atoms with Crippen LogP contribution in [0.4, 0.5) is 19.0 Å². The highest BCUT2D eigenvalue weighted by Crippen LogP contribution is 2.27. The summed E-state index contributed by atoms with van der Waals surface area (Å²) in [6.07, 6.45) is -2.53. The fourth-order valence-electron chi connectivity index (χ4n) is 2.61. The Hall–Kier alpha value is -2.57. The predicted molar refractivity (Wildman–Crippen MR) is 82.0 cm³/mol. The molecule has 0 bridgehead atoms. The van der Waals surface area contributed by atoms with Gasteiger partial charge in [-0.3, -0.25) is 9.69 Å². The van der Waals surface area contributed by atoms with E-state index >= 15 is 0 Å². The Morgan fingerprint density at radius 2 is 2.08 bits per heavy atom. The maximum Gasteiger partial charge on any atom is 0.406 e. The SMILES string of the molecule is O=C(Cc1ccc2c(c1)CCO2)N(CC(F)(F)F)c1ccccn1. The number of hydrogen-bond acceptors (Lipinski definition) is 3. The van der Waals surface area contributed by atoms with Gasteiger partial charge in [-0.25, -0.2) is 4.98 Å². The molecule has 24 heavy (non-hydrogen) atoms. The largest absolute Gasteiger partial charge is 0.493 e. The van der Waals surface area contributed by atoms with Crippen LogP contribution >= 0.6 is 0 Å². The van der Waals surface area contributed by atoms with E-state index in [-0.39, 0.29) is 12.2 Å². The number of carbonyl (C=O) groups excluding carboxylic acids is 1. The van der Waals surface area contributed by atoms with Crippen molar-refractivity contribution in [3.8, 4) is 5.75 Å². The maximum atomic E-state index is 12.8. The van der Waals surface area contributed by atoms with E-state index in [1.54, 1.807) is 24.3 Å². The zero-order valence-electron chi connectivity index (χ0n) is 12.7. The number of hydrogen-bond donors (Lipinski definition) is 0. The van der Waals surface area contributed by atoms with Crippen LogP contribution in [0.1, 0.15) is 11.1 Å². The highest BCUT2D eigenvalue weighted by Gasteiger charge is 2.34. The molecule has 1 aromatic carbocycles. The molecule has 126 valence electrons. The third kappa shape index (κ3) is 3.84. The van der Waals surface area contributed by atoms with Gasteiger partial charge in [0, 0.05) is 12.6 Å². The zero-order valence-corrected chi connectivity index (χ0v) is 12.7. The zero-order chi connectivity index (χ0) is 17.2. The van der Waals surface area contributed by atoms with E-state index in [1.807, 2.05) is 6.07 Å². The van der Waals surface area contributed by atoms with Crippen LogP contribution in [0.15, 0.2) is 42.6 Å². The van der Waals surface area contributed by atoms with Crippen LogP contribution in [0.3, 0.4) is 0 Å². The monoisotopic (exact) mass is 336 g/mol. The molecule has 1 aromatic heterocycles. The first-order chi connectivity index (χ1) is 11.4.